The molecule has 182 valence electrons. The first kappa shape index (κ1) is 25.2. The van der Waals surface area contributed by atoms with Crippen molar-refractivity contribution in [3.05, 3.63) is 39.9 Å². The van der Waals surface area contributed by atoms with Crippen molar-refractivity contribution in [1.82, 2.24) is 15.3 Å². The molecule has 9 heteroatoms. The normalized spacial score (nSPS) is 24.6. The molecule has 2 atom stereocenters. The SMILES string of the molecule is CC.CNC(=O)c1nccc2[nH]c([C@@H]3CC(F)(F)CC[C@H]3C3CCC(F)(F)CC3)cc(=O)c12. The molecule has 5 nitrogen and oxygen atoms in total. The predicted molar refractivity (Wildman–Crippen MR) is 119 cm³/mol. The van der Waals surface area contributed by atoms with Gasteiger partial charge in [-0.1, -0.05) is 13.8 Å². The number of H-pyrrole nitrogens is 1. The van der Waals surface area contributed by atoms with Crippen molar-refractivity contribution in [3.63, 3.8) is 0 Å². The lowest BCUT2D eigenvalue weighted by Crippen LogP contribution is -2.38. The van der Waals surface area contributed by atoms with E-state index in [-0.39, 0.29) is 48.6 Å². The van der Waals surface area contributed by atoms with Crippen LogP contribution in [-0.4, -0.2) is 34.8 Å². The third-order valence-corrected chi connectivity index (χ3v) is 6.85. The third kappa shape index (κ3) is 5.38. The minimum Gasteiger partial charge on any atom is -0.358 e. The number of carbonyl (C=O) groups excluding carboxylic acids is 1. The second-order valence-corrected chi connectivity index (χ2v) is 8.81. The quantitative estimate of drug-likeness (QED) is 0.570. The van der Waals surface area contributed by atoms with Gasteiger partial charge in [-0.15, -0.1) is 0 Å². The van der Waals surface area contributed by atoms with Crippen LogP contribution in [0.15, 0.2) is 23.1 Å². The molecule has 1 amide bonds. The van der Waals surface area contributed by atoms with Gasteiger partial charge in [-0.2, -0.15) is 0 Å². The smallest absolute Gasteiger partial charge is 0.270 e. The molecule has 4 rings (SSSR count). The average Bonchev–Trinajstić information content (AvgIpc) is 2.79. The third-order valence-electron chi connectivity index (χ3n) is 6.85. The minimum absolute atomic E-state index is 0.0344. The summed E-state index contributed by atoms with van der Waals surface area (Å²) >= 11 is 0. The number of nitrogens with one attached hydrogen (secondary N) is 2. The second kappa shape index (κ2) is 9.81. The van der Waals surface area contributed by atoms with Gasteiger partial charge in [-0.3, -0.25) is 14.6 Å². The van der Waals surface area contributed by atoms with Crippen LogP contribution in [0, 0.1) is 11.8 Å². The van der Waals surface area contributed by atoms with E-state index in [2.05, 4.69) is 15.3 Å². The first-order valence-electron chi connectivity index (χ1n) is 11.6. The fraction of sp³-hybridized carbons (Fsp3) is 0.625. The van der Waals surface area contributed by atoms with Crippen molar-refractivity contribution < 1.29 is 22.4 Å². The van der Waals surface area contributed by atoms with Crippen molar-refractivity contribution in [3.8, 4) is 0 Å². The minimum atomic E-state index is -2.88. The van der Waals surface area contributed by atoms with Crippen LogP contribution < -0.4 is 10.7 Å². The monoisotopic (exact) mass is 469 g/mol. The van der Waals surface area contributed by atoms with Crippen LogP contribution in [0.1, 0.15) is 80.9 Å². The molecule has 2 aliphatic carbocycles. The number of hydrogen-bond donors (Lipinski definition) is 2. The van der Waals surface area contributed by atoms with E-state index in [1.165, 1.54) is 25.4 Å². The summed E-state index contributed by atoms with van der Waals surface area (Å²) in [7, 11) is 1.42. The van der Waals surface area contributed by atoms with Crippen LogP contribution in [0.25, 0.3) is 10.9 Å². The summed E-state index contributed by atoms with van der Waals surface area (Å²) in [6, 6.07) is 2.80. The Labute approximate surface area is 190 Å². The highest BCUT2D eigenvalue weighted by Gasteiger charge is 2.47. The van der Waals surface area contributed by atoms with Gasteiger partial charge in [-0.05, 0) is 37.2 Å². The lowest BCUT2D eigenvalue weighted by Gasteiger charge is -2.42. The summed E-state index contributed by atoms with van der Waals surface area (Å²) in [6.07, 6.45) is 1.03. The van der Waals surface area contributed by atoms with E-state index in [1.807, 2.05) is 13.8 Å². The molecule has 2 aromatic heterocycles. The molecule has 0 unspecified atom stereocenters. The van der Waals surface area contributed by atoms with Crippen LogP contribution in [0.4, 0.5) is 17.6 Å². The van der Waals surface area contributed by atoms with Gasteiger partial charge in [0.2, 0.25) is 11.8 Å². The van der Waals surface area contributed by atoms with Gasteiger partial charge in [0.15, 0.2) is 5.43 Å². The molecule has 2 aliphatic rings. The van der Waals surface area contributed by atoms with E-state index in [1.54, 1.807) is 0 Å². The zero-order valence-corrected chi connectivity index (χ0v) is 19.2. The van der Waals surface area contributed by atoms with E-state index < -0.39 is 35.5 Å². The zero-order valence-electron chi connectivity index (χ0n) is 19.2. The Morgan fingerprint density at radius 3 is 2.36 bits per heavy atom. The molecule has 2 saturated carbocycles. The Morgan fingerprint density at radius 1 is 1.09 bits per heavy atom. The van der Waals surface area contributed by atoms with E-state index in [0.717, 1.165) is 0 Å². The number of hydrogen-bond acceptors (Lipinski definition) is 3. The number of rotatable bonds is 3. The highest BCUT2D eigenvalue weighted by molar-refractivity contribution is 6.04. The number of pyridine rings is 2. The highest BCUT2D eigenvalue weighted by Crippen LogP contribution is 2.51. The number of halogens is 4. The molecular formula is C24H31F4N3O2. The van der Waals surface area contributed by atoms with Gasteiger partial charge in [-0.25, -0.2) is 17.6 Å². The van der Waals surface area contributed by atoms with Crippen LogP contribution in [0.2, 0.25) is 0 Å². The first-order valence-corrected chi connectivity index (χ1v) is 11.6. The number of alkyl halides is 4. The van der Waals surface area contributed by atoms with Gasteiger partial charge in [0.1, 0.15) is 5.69 Å². The zero-order chi connectivity index (χ0) is 24.4. The molecule has 2 heterocycles. The lowest BCUT2D eigenvalue weighted by atomic mass is 9.65. The van der Waals surface area contributed by atoms with Crippen LogP contribution in [-0.2, 0) is 0 Å². The molecule has 33 heavy (non-hydrogen) atoms. The van der Waals surface area contributed by atoms with Gasteiger partial charge in [0.25, 0.3) is 5.91 Å². The predicted octanol–water partition coefficient (Wildman–Crippen LogP) is 5.65. The summed E-state index contributed by atoms with van der Waals surface area (Å²) < 4.78 is 56.0. The summed E-state index contributed by atoms with van der Waals surface area (Å²) in [5.74, 6) is -7.02. The van der Waals surface area contributed by atoms with Gasteiger partial charge in [0.05, 0.1) is 10.9 Å². The highest BCUT2D eigenvalue weighted by atomic mass is 19.3. The Morgan fingerprint density at radius 2 is 1.73 bits per heavy atom. The largest absolute Gasteiger partial charge is 0.358 e. The van der Waals surface area contributed by atoms with Crippen molar-refractivity contribution >= 4 is 16.8 Å². The van der Waals surface area contributed by atoms with Crippen molar-refractivity contribution in [1.29, 1.82) is 0 Å². The van der Waals surface area contributed by atoms with Crippen LogP contribution >= 0.6 is 0 Å². The molecule has 0 spiro atoms. The first-order chi connectivity index (χ1) is 15.6. The standard InChI is InChI=1S/C22H25F4N3O2.C2H6/c1-27-20(31)19-18-15(5-9-28-19)29-16(10-17(18)30)14-11-22(25,26)8-4-13(14)12-2-6-21(23,24)7-3-12;1-2/h5,9-10,12-14H,2-4,6-8,11H2,1H3,(H,27,31)(H,29,30);1-2H3/t13-,14+;/m0./s1. The maximum Gasteiger partial charge on any atom is 0.270 e. The number of amides is 1. The maximum absolute atomic E-state index is 14.4. The van der Waals surface area contributed by atoms with Crippen LogP contribution in [0.3, 0.4) is 0 Å². The molecule has 0 aliphatic heterocycles. The van der Waals surface area contributed by atoms with E-state index in [4.69, 9.17) is 0 Å². The molecule has 0 radical (unpaired) electrons. The molecular weight excluding hydrogens is 438 g/mol. The fourth-order valence-corrected chi connectivity index (χ4v) is 5.26. The van der Waals surface area contributed by atoms with E-state index in [0.29, 0.717) is 24.1 Å². The Balaban J connectivity index is 0.00000149. The average molecular weight is 470 g/mol. The number of nitrogens with zero attached hydrogens (tertiary/aromatic N) is 1. The van der Waals surface area contributed by atoms with E-state index in [9.17, 15) is 27.2 Å². The molecule has 0 saturated heterocycles. The van der Waals surface area contributed by atoms with Gasteiger partial charge >= 0.3 is 0 Å². The Bertz CT molecular complexity index is 1040. The van der Waals surface area contributed by atoms with E-state index >= 15 is 0 Å². The lowest BCUT2D eigenvalue weighted by molar-refractivity contribution is -0.0840. The Kier molecular flexibility index (Phi) is 7.49. The summed E-state index contributed by atoms with van der Waals surface area (Å²) in [5, 5.41) is 2.53. The molecule has 2 fully saturated rings. The van der Waals surface area contributed by atoms with Crippen molar-refractivity contribution in [2.75, 3.05) is 7.05 Å². The van der Waals surface area contributed by atoms with Gasteiger partial charge < -0.3 is 10.3 Å². The maximum atomic E-state index is 14.4. The Hall–Kier alpha value is -2.45. The molecule has 0 aromatic carbocycles. The topological polar surface area (TPSA) is 74.8 Å². The van der Waals surface area contributed by atoms with Gasteiger partial charge in [0, 0.05) is 56.6 Å². The fourth-order valence-electron chi connectivity index (χ4n) is 5.26. The van der Waals surface area contributed by atoms with Crippen molar-refractivity contribution in [2.24, 2.45) is 11.8 Å². The van der Waals surface area contributed by atoms with Crippen LogP contribution in [0.5, 0.6) is 0 Å². The number of fused-ring (bicyclic) bond motifs is 1. The summed E-state index contributed by atoms with van der Waals surface area (Å²) in [4.78, 5) is 32.0. The van der Waals surface area contributed by atoms with Crippen molar-refractivity contribution in [2.45, 2.75) is 76.6 Å². The number of carbonyl (C=O) groups is 1. The molecule has 2 aromatic rings. The number of aromatic nitrogens is 2. The summed E-state index contributed by atoms with van der Waals surface area (Å²) in [6.45, 7) is 4.00. The second-order valence-electron chi connectivity index (χ2n) is 8.81. The summed E-state index contributed by atoms with van der Waals surface area (Å²) in [5.41, 5.74) is 0.207. The molecule has 2 N–H and O–H groups in total. The number of aromatic amines is 1. The molecule has 0 bridgehead atoms.